The van der Waals surface area contributed by atoms with Gasteiger partial charge in [0.1, 0.15) is 6.04 Å². The molecule has 0 bridgehead atoms. The first-order valence-corrected chi connectivity index (χ1v) is 10.5. The van der Waals surface area contributed by atoms with Gasteiger partial charge in [-0.1, -0.05) is 63.3 Å². The van der Waals surface area contributed by atoms with E-state index in [-0.39, 0.29) is 17.3 Å². The van der Waals surface area contributed by atoms with Crippen LogP contribution in [0.25, 0.3) is 10.2 Å². The standard InChI is InChI=1S/C23H26N2O3S/c1-6-17(21(27)28-5)25-18-9-7-8-10-19(18)29-22(25)24-20(26)15-11-13-16(14-12-15)23(2,3)4/h7-14,17H,6H2,1-5H3. The molecule has 0 aliphatic heterocycles. The summed E-state index contributed by atoms with van der Waals surface area (Å²) in [6.45, 7) is 8.31. The second-order valence-corrected chi connectivity index (χ2v) is 8.92. The number of esters is 1. The molecule has 1 unspecified atom stereocenters. The maximum absolute atomic E-state index is 12.9. The van der Waals surface area contributed by atoms with Gasteiger partial charge in [0.25, 0.3) is 5.91 Å². The molecule has 5 nitrogen and oxygen atoms in total. The lowest BCUT2D eigenvalue weighted by Gasteiger charge is -2.18. The van der Waals surface area contributed by atoms with Crippen molar-refractivity contribution in [3.8, 4) is 0 Å². The molecule has 3 rings (SSSR count). The Balaban J connectivity index is 2.11. The summed E-state index contributed by atoms with van der Waals surface area (Å²) < 4.78 is 7.76. The topological polar surface area (TPSA) is 60.7 Å². The number of methoxy groups -OCH3 is 1. The van der Waals surface area contributed by atoms with Crippen molar-refractivity contribution in [2.75, 3.05) is 7.11 Å². The molecular formula is C23H26N2O3S. The van der Waals surface area contributed by atoms with Crippen LogP contribution in [0.1, 0.15) is 56.1 Å². The van der Waals surface area contributed by atoms with Gasteiger partial charge in [0.15, 0.2) is 4.80 Å². The lowest BCUT2D eigenvalue weighted by Crippen LogP contribution is -2.28. The van der Waals surface area contributed by atoms with Gasteiger partial charge in [-0.25, -0.2) is 4.79 Å². The van der Waals surface area contributed by atoms with Crippen LogP contribution in [0, 0.1) is 0 Å². The number of hydrogen-bond donors (Lipinski definition) is 0. The molecule has 0 spiro atoms. The molecule has 0 radical (unpaired) electrons. The summed E-state index contributed by atoms with van der Waals surface area (Å²) in [7, 11) is 1.37. The van der Waals surface area contributed by atoms with Crippen molar-refractivity contribution in [3.05, 3.63) is 64.5 Å². The number of fused-ring (bicyclic) bond motifs is 1. The van der Waals surface area contributed by atoms with E-state index >= 15 is 0 Å². The fourth-order valence-electron chi connectivity index (χ4n) is 3.23. The van der Waals surface area contributed by atoms with E-state index in [1.54, 1.807) is 0 Å². The summed E-state index contributed by atoms with van der Waals surface area (Å²) in [6, 6.07) is 14.7. The van der Waals surface area contributed by atoms with Crippen LogP contribution in [0.4, 0.5) is 0 Å². The van der Waals surface area contributed by atoms with Gasteiger partial charge in [-0.2, -0.15) is 4.99 Å². The number of thiazole rings is 1. The first-order valence-electron chi connectivity index (χ1n) is 9.63. The van der Waals surface area contributed by atoms with Gasteiger partial charge in [0, 0.05) is 5.56 Å². The Kier molecular flexibility index (Phi) is 6.03. The molecule has 0 N–H and O–H groups in total. The number of hydrogen-bond acceptors (Lipinski definition) is 4. The van der Waals surface area contributed by atoms with Crippen LogP contribution in [-0.4, -0.2) is 23.6 Å². The molecule has 6 heteroatoms. The number of ether oxygens (including phenoxy) is 1. The molecule has 1 amide bonds. The van der Waals surface area contributed by atoms with Crippen LogP contribution in [-0.2, 0) is 14.9 Å². The van der Waals surface area contributed by atoms with E-state index in [1.165, 1.54) is 18.4 Å². The van der Waals surface area contributed by atoms with Gasteiger partial charge in [0.2, 0.25) is 0 Å². The van der Waals surface area contributed by atoms with Crippen LogP contribution in [0.2, 0.25) is 0 Å². The smallest absolute Gasteiger partial charge is 0.328 e. The van der Waals surface area contributed by atoms with E-state index in [9.17, 15) is 9.59 Å². The van der Waals surface area contributed by atoms with Gasteiger partial charge in [-0.15, -0.1) is 0 Å². The molecule has 1 heterocycles. The van der Waals surface area contributed by atoms with E-state index in [2.05, 4.69) is 25.8 Å². The maximum atomic E-state index is 12.9. The van der Waals surface area contributed by atoms with Crippen molar-refractivity contribution in [3.63, 3.8) is 0 Å². The van der Waals surface area contributed by atoms with Crippen molar-refractivity contribution in [1.82, 2.24) is 4.57 Å². The minimum Gasteiger partial charge on any atom is -0.467 e. The third-order valence-electron chi connectivity index (χ3n) is 4.90. The molecule has 0 fully saturated rings. The highest BCUT2D eigenvalue weighted by Crippen LogP contribution is 2.24. The summed E-state index contributed by atoms with van der Waals surface area (Å²) in [5.74, 6) is -0.676. The summed E-state index contributed by atoms with van der Waals surface area (Å²) in [4.78, 5) is 30.1. The molecule has 29 heavy (non-hydrogen) atoms. The van der Waals surface area contributed by atoms with Gasteiger partial charge >= 0.3 is 5.97 Å². The predicted molar refractivity (Wildman–Crippen MR) is 116 cm³/mol. The molecule has 0 aliphatic carbocycles. The summed E-state index contributed by atoms with van der Waals surface area (Å²) in [5, 5.41) is 0. The maximum Gasteiger partial charge on any atom is 0.328 e. The average Bonchev–Trinajstić information content (AvgIpc) is 3.05. The quantitative estimate of drug-likeness (QED) is 0.577. The molecule has 0 saturated carbocycles. The fraction of sp³-hybridized carbons (Fsp3) is 0.348. The highest BCUT2D eigenvalue weighted by Gasteiger charge is 2.23. The Bertz CT molecular complexity index is 1100. The Morgan fingerprint density at radius 3 is 2.34 bits per heavy atom. The second kappa shape index (κ2) is 8.33. The van der Waals surface area contributed by atoms with E-state index in [0.717, 1.165) is 15.8 Å². The minimum absolute atomic E-state index is 0.0160. The molecule has 2 aromatic carbocycles. The Morgan fingerprint density at radius 2 is 1.76 bits per heavy atom. The number of rotatable bonds is 4. The van der Waals surface area contributed by atoms with Crippen molar-refractivity contribution in [2.45, 2.75) is 45.6 Å². The minimum atomic E-state index is -0.536. The average molecular weight is 411 g/mol. The highest BCUT2D eigenvalue weighted by molar-refractivity contribution is 7.16. The SMILES string of the molecule is CCC(C(=O)OC)n1c(=NC(=O)c2ccc(C(C)(C)C)cc2)sc2ccccc21. The summed E-state index contributed by atoms with van der Waals surface area (Å²) in [5.41, 5.74) is 2.56. The lowest BCUT2D eigenvalue weighted by atomic mass is 9.87. The van der Waals surface area contributed by atoms with Crippen LogP contribution >= 0.6 is 11.3 Å². The van der Waals surface area contributed by atoms with Crippen LogP contribution in [0.15, 0.2) is 53.5 Å². The monoisotopic (exact) mass is 410 g/mol. The van der Waals surface area contributed by atoms with Crippen molar-refractivity contribution < 1.29 is 14.3 Å². The highest BCUT2D eigenvalue weighted by atomic mass is 32.1. The number of nitrogens with zero attached hydrogens (tertiary/aromatic N) is 2. The Morgan fingerprint density at radius 1 is 1.10 bits per heavy atom. The number of benzene rings is 2. The lowest BCUT2D eigenvalue weighted by molar-refractivity contribution is -0.144. The largest absolute Gasteiger partial charge is 0.467 e. The normalized spacial score (nSPS) is 13.5. The zero-order chi connectivity index (χ0) is 21.2. The molecule has 1 atom stereocenters. The van der Waals surface area contributed by atoms with Crippen LogP contribution < -0.4 is 4.80 Å². The molecule has 3 aromatic rings. The molecule has 0 aliphatic rings. The number of carbonyl (C=O) groups is 2. The van der Waals surface area contributed by atoms with Crippen LogP contribution in [0.3, 0.4) is 0 Å². The second-order valence-electron chi connectivity index (χ2n) is 7.91. The van der Waals surface area contributed by atoms with Crippen molar-refractivity contribution >= 4 is 33.4 Å². The van der Waals surface area contributed by atoms with E-state index in [1.807, 2.05) is 60.0 Å². The third-order valence-corrected chi connectivity index (χ3v) is 5.93. The van der Waals surface area contributed by atoms with Crippen LogP contribution in [0.5, 0.6) is 0 Å². The number of carbonyl (C=O) groups excluding carboxylic acids is 2. The zero-order valence-corrected chi connectivity index (χ0v) is 18.2. The predicted octanol–water partition coefficient (Wildman–Crippen LogP) is 4.87. The molecule has 0 saturated heterocycles. The number of aromatic nitrogens is 1. The van der Waals surface area contributed by atoms with Gasteiger partial charge in [-0.05, 0) is 41.7 Å². The zero-order valence-electron chi connectivity index (χ0n) is 17.4. The van der Waals surface area contributed by atoms with Crippen molar-refractivity contribution in [2.24, 2.45) is 4.99 Å². The Hall–Kier alpha value is -2.73. The fourth-order valence-corrected chi connectivity index (χ4v) is 4.29. The molecule has 152 valence electrons. The first kappa shape index (κ1) is 21.0. The van der Waals surface area contributed by atoms with E-state index in [0.29, 0.717) is 16.8 Å². The first-order chi connectivity index (χ1) is 13.8. The van der Waals surface area contributed by atoms with E-state index < -0.39 is 6.04 Å². The molecule has 1 aromatic heterocycles. The summed E-state index contributed by atoms with van der Waals surface area (Å²) >= 11 is 1.39. The van der Waals surface area contributed by atoms with E-state index in [4.69, 9.17) is 4.74 Å². The van der Waals surface area contributed by atoms with Gasteiger partial charge < -0.3 is 9.30 Å². The number of para-hydroxylation sites is 1. The number of amides is 1. The third kappa shape index (κ3) is 4.32. The van der Waals surface area contributed by atoms with Gasteiger partial charge in [-0.3, -0.25) is 4.79 Å². The van der Waals surface area contributed by atoms with Crippen molar-refractivity contribution in [1.29, 1.82) is 0 Å². The van der Waals surface area contributed by atoms with Gasteiger partial charge in [0.05, 0.1) is 17.3 Å². The summed E-state index contributed by atoms with van der Waals surface area (Å²) in [6.07, 6.45) is 0.537. The Labute approximate surface area is 174 Å². The molecular weight excluding hydrogens is 384 g/mol.